The summed E-state index contributed by atoms with van der Waals surface area (Å²) in [5.74, 6) is 0. The third-order valence-electron chi connectivity index (χ3n) is 2.03. The molecule has 0 aliphatic rings. The van der Waals surface area contributed by atoms with Crippen molar-refractivity contribution in [2.45, 2.75) is 32.6 Å². The standard InChI is InChI=1S/C9H20O2Si/c1-5-8(2)12-7-6-9(10-3)11-4/h5,9H,6-7,12H2,1-4H3. The van der Waals surface area contributed by atoms with Crippen LogP contribution in [0.1, 0.15) is 20.3 Å². The minimum atomic E-state index is -0.0247. The lowest BCUT2D eigenvalue weighted by Gasteiger charge is -2.12. The van der Waals surface area contributed by atoms with Gasteiger partial charge in [-0.25, -0.2) is 0 Å². The van der Waals surface area contributed by atoms with Crippen LogP contribution in [0, 0.1) is 0 Å². The molecule has 0 spiro atoms. The van der Waals surface area contributed by atoms with E-state index in [0.29, 0.717) is 0 Å². The SMILES string of the molecule is CC=C(C)[SiH2]CCC(OC)OC. The quantitative estimate of drug-likeness (QED) is 0.464. The van der Waals surface area contributed by atoms with E-state index in [-0.39, 0.29) is 15.8 Å². The minimum absolute atomic E-state index is 0.00200. The lowest BCUT2D eigenvalue weighted by Crippen LogP contribution is -2.13. The molecule has 0 N–H and O–H groups in total. The molecule has 0 atom stereocenters. The number of ether oxygens (including phenoxy) is 2. The van der Waals surface area contributed by atoms with Gasteiger partial charge in [0.15, 0.2) is 6.29 Å². The first kappa shape index (κ1) is 11.9. The summed E-state index contributed by atoms with van der Waals surface area (Å²) >= 11 is 0. The average molecular weight is 188 g/mol. The van der Waals surface area contributed by atoms with Gasteiger partial charge in [0.1, 0.15) is 0 Å². The summed E-state index contributed by atoms with van der Waals surface area (Å²) in [6, 6.07) is 1.27. The molecule has 0 saturated heterocycles. The highest BCUT2D eigenvalue weighted by Gasteiger charge is 2.03. The van der Waals surface area contributed by atoms with Gasteiger partial charge in [-0.3, -0.25) is 0 Å². The molecule has 0 amide bonds. The molecule has 0 aliphatic carbocycles. The van der Waals surface area contributed by atoms with Crippen LogP contribution in [0.4, 0.5) is 0 Å². The van der Waals surface area contributed by atoms with Crippen LogP contribution in [-0.4, -0.2) is 30.0 Å². The average Bonchev–Trinajstić information content (AvgIpc) is 2.12. The Morgan fingerprint density at radius 2 is 2.00 bits per heavy atom. The van der Waals surface area contributed by atoms with Crippen LogP contribution in [0.25, 0.3) is 0 Å². The van der Waals surface area contributed by atoms with Crippen molar-refractivity contribution in [3.05, 3.63) is 11.3 Å². The van der Waals surface area contributed by atoms with Crippen LogP contribution in [0.3, 0.4) is 0 Å². The van der Waals surface area contributed by atoms with Crippen molar-refractivity contribution in [3.63, 3.8) is 0 Å². The zero-order valence-corrected chi connectivity index (χ0v) is 10.0. The van der Waals surface area contributed by atoms with Gasteiger partial charge in [-0.2, -0.15) is 0 Å². The summed E-state index contributed by atoms with van der Waals surface area (Å²) in [6.45, 7) is 4.31. The molecule has 3 heteroatoms. The molecule has 0 aliphatic heterocycles. The smallest absolute Gasteiger partial charge is 0.156 e. The van der Waals surface area contributed by atoms with Crippen LogP contribution in [0.5, 0.6) is 0 Å². The Labute approximate surface area is 77.8 Å². The van der Waals surface area contributed by atoms with E-state index in [9.17, 15) is 0 Å². The van der Waals surface area contributed by atoms with Gasteiger partial charge >= 0.3 is 0 Å². The maximum atomic E-state index is 5.10. The van der Waals surface area contributed by atoms with Gasteiger partial charge in [0.25, 0.3) is 0 Å². The summed E-state index contributed by atoms with van der Waals surface area (Å²) in [7, 11) is 3.36. The number of hydrogen-bond donors (Lipinski definition) is 0. The molecular weight excluding hydrogens is 168 g/mol. The lowest BCUT2D eigenvalue weighted by molar-refractivity contribution is -0.103. The second kappa shape index (κ2) is 7.52. The Morgan fingerprint density at radius 1 is 1.42 bits per heavy atom. The minimum Gasteiger partial charge on any atom is -0.356 e. The molecule has 0 saturated carbocycles. The van der Waals surface area contributed by atoms with E-state index in [1.165, 1.54) is 6.04 Å². The Balaban J connectivity index is 3.41. The topological polar surface area (TPSA) is 18.5 Å². The maximum absolute atomic E-state index is 5.10. The molecule has 0 rings (SSSR count). The van der Waals surface area contributed by atoms with E-state index in [4.69, 9.17) is 9.47 Å². The molecule has 2 nitrogen and oxygen atoms in total. The largest absolute Gasteiger partial charge is 0.356 e. The fraction of sp³-hybridized carbons (Fsp3) is 0.778. The second-order valence-corrected chi connectivity index (χ2v) is 5.25. The Hall–Kier alpha value is -0.123. The fourth-order valence-corrected chi connectivity index (χ4v) is 2.41. The van der Waals surface area contributed by atoms with Gasteiger partial charge in [-0.05, 0) is 20.3 Å². The molecule has 0 aromatic rings. The van der Waals surface area contributed by atoms with Gasteiger partial charge in [-0.15, -0.1) is 0 Å². The molecule has 0 fully saturated rings. The Morgan fingerprint density at radius 3 is 2.42 bits per heavy atom. The van der Waals surface area contributed by atoms with Gasteiger partial charge in [0.2, 0.25) is 0 Å². The molecule has 0 aromatic carbocycles. The van der Waals surface area contributed by atoms with Crippen molar-refractivity contribution in [1.82, 2.24) is 0 Å². The Kier molecular flexibility index (Phi) is 7.44. The van der Waals surface area contributed by atoms with E-state index >= 15 is 0 Å². The lowest BCUT2D eigenvalue weighted by atomic mass is 10.5. The van der Waals surface area contributed by atoms with Crippen LogP contribution in [-0.2, 0) is 9.47 Å². The van der Waals surface area contributed by atoms with Crippen LogP contribution in [0.2, 0.25) is 6.04 Å². The third-order valence-corrected chi connectivity index (χ3v) is 3.99. The highest BCUT2D eigenvalue weighted by Crippen LogP contribution is 2.04. The van der Waals surface area contributed by atoms with Crippen molar-refractivity contribution in [2.24, 2.45) is 0 Å². The van der Waals surface area contributed by atoms with E-state index in [2.05, 4.69) is 19.9 Å². The van der Waals surface area contributed by atoms with Gasteiger partial charge in [0.05, 0.1) is 0 Å². The van der Waals surface area contributed by atoms with Crippen molar-refractivity contribution in [1.29, 1.82) is 0 Å². The zero-order valence-electron chi connectivity index (χ0n) is 8.59. The van der Waals surface area contributed by atoms with E-state index in [1.807, 2.05) is 0 Å². The van der Waals surface area contributed by atoms with E-state index < -0.39 is 0 Å². The second-order valence-electron chi connectivity index (χ2n) is 2.93. The molecule has 72 valence electrons. The number of rotatable bonds is 6. The van der Waals surface area contributed by atoms with Gasteiger partial charge < -0.3 is 9.47 Å². The first-order chi connectivity index (χ1) is 5.74. The summed E-state index contributed by atoms with van der Waals surface area (Å²) in [5.41, 5.74) is 0. The molecule has 0 aromatic heterocycles. The van der Waals surface area contributed by atoms with E-state index in [1.54, 1.807) is 19.4 Å². The molecule has 0 radical (unpaired) electrons. The first-order valence-electron chi connectivity index (χ1n) is 4.42. The fourth-order valence-electron chi connectivity index (χ4n) is 1.02. The number of hydrogen-bond acceptors (Lipinski definition) is 2. The highest BCUT2D eigenvalue weighted by molar-refractivity contribution is 6.44. The maximum Gasteiger partial charge on any atom is 0.156 e. The first-order valence-corrected chi connectivity index (χ1v) is 6.12. The normalized spacial score (nSPS) is 13.6. The van der Waals surface area contributed by atoms with Gasteiger partial charge in [-0.1, -0.05) is 17.3 Å². The summed E-state index contributed by atoms with van der Waals surface area (Å²) in [6.07, 6.45) is 3.24. The van der Waals surface area contributed by atoms with Crippen LogP contribution in [0.15, 0.2) is 11.3 Å². The number of methoxy groups -OCH3 is 2. The predicted molar refractivity (Wildman–Crippen MR) is 55.2 cm³/mol. The Bertz CT molecular complexity index is 130. The predicted octanol–water partition coefficient (Wildman–Crippen LogP) is 1.51. The van der Waals surface area contributed by atoms with Crippen molar-refractivity contribution in [2.75, 3.05) is 14.2 Å². The zero-order chi connectivity index (χ0) is 9.40. The molecule has 0 unspecified atom stereocenters. The third kappa shape index (κ3) is 5.52. The van der Waals surface area contributed by atoms with Crippen molar-refractivity contribution >= 4 is 9.52 Å². The van der Waals surface area contributed by atoms with E-state index in [0.717, 1.165) is 6.42 Å². The molecule has 0 bridgehead atoms. The summed E-state index contributed by atoms with van der Waals surface area (Å²) in [4.78, 5) is 0. The van der Waals surface area contributed by atoms with Crippen molar-refractivity contribution < 1.29 is 9.47 Å². The number of allylic oxidation sites excluding steroid dienone is 2. The summed E-state index contributed by atoms with van der Waals surface area (Å²) < 4.78 is 10.2. The summed E-state index contributed by atoms with van der Waals surface area (Å²) in [5, 5.41) is 1.57. The molecule has 0 heterocycles. The highest BCUT2D eigenvalue weighted by atomic mass is 28.2. The van der Waals surface area contributed by atoms with Gasteiger partial charge in [0, 0.05) is 23.7 Å². The van der Waals surface area contributed by atoms with Crippen LogP contribution < -0.4 is 0 Å². The molecule has 12 heavy (non-hydrogen) atoms. The molecular formula is C9H20O2Si. The van der Waals surface area contributed by atoms with Crippen LogP contribution >= 0.6 is 0 Å². The monoisotopic (exact) mass is 188 g/mol. The van der Waals surface area contributed by atoms with Crippen molar-refractivity contribution in [3.8, 4) is 0 Å².